The first-order valence-electron chi connectivity index (χ1n) is 22.0. The second-order valence-corrected chi connectivity index (χ2v) is 16.6. The van der Waals surface area contributed by atoms with E-state index >= 15 is 0 Å². The molecule has 352 valence electrons. The number of rotatable bonds is 16. The standard InChI is InChI=1S/C48H55N9O9S/c49-35-67-42-12-10-36(11-13-42)15-25-66-41-14-16-50-40(30-41)34-57-20-19-56(33-39-6-3-9-45(53-39)48(62)63)23-27-64-26-21-54(31-37-4-1-7-43(51-37)46(58)59)17-18-55(22-28-65-29-24-57)32-38-5-2-8-44(52-38)47(60)61/h1-14,16,30H,15,17-29,31-34H2,(H,58,59)(H,60,61)(H,62,63). The van der Waals surface area contributed by atoms with E-state index in [-0.39, 0.29) is 17.1 Å². The zero-order valence-corrected chi connectivity index (χ0v) is 38.0. The Labute approximate surface area is 393 Å². The molecule has 5 aromatic rings. The molecule has 1 aliphatic heterocycles. The van der Waals surface area contributed by atoms with E-state index in [0.29, 0.717) is 141 Å². The number of carboxylic acids is 3. The van der Waals surface area contributed by atoms with Crippen molar-refractivity contribution in [3.63, 3.8) is 0 Å². The Kier molecular flexibility index (Phi) is 19.9. The van der Waals surface area contributed by atoms with Crippen molar-refractivity contribution in [1.82, 2.24) is 39.5 Å². The molecule has 0 aliphatic carbocycles. The Bertz CT molecular complexity index is 2420. The number of ether oxygens (including phenoxy) is 3. The minimum Gasteiger partial charge on any atom is -0.493 e. The maximum atomic E-state index is 11.8. The lowest BCUT2D eigenvalue weighted by Gasteiger charge is -2.29. The third-order valence-corrected chi connectivity index (χ3v) is 11.4. The van der Waals surface area contributed by atoms with Crippen LogP contribution in [0.4, 0.5) is 0 Å². The first-order chi connectivity index (χ1) is 32.6. The minimum absolute atomic E-state index is 0.0261. The summed E-state index contributed by atoms with van der Waals surface area (Å²) in [6, 6.07) is 26.5. The average Bonchev–Trinajstić information content (AvgIpc) is 3.32. The molecule has 0 bridgehead atoms. The molecule has 0 spiro atoms. The molecule has 6 rings (SSSR count). The Balaban J connectivity index is 1.17. The summed E-state index contributed by atoms with van der Waals surface area (Å²) in [5, 5.41) is 39.9. The number of nitrogens with zero attached hydrogens (tertiary/aromatic N) is 9. The number of carboxylic acid groups (broad SMARTS) is 3. The number of hydrogen-bond donors (Lipinski definition) is 3. The van der Waals surface area contributed by atoms with Gasteiger partial charge in [0.25, 0.3) is 0 Å². The highest BCUT2D eigenvalue weighted by Crippen LogP contribution is 2.18. The van der Waals surface area contributed by atoms with Gasteiger partial charge in [-0.15, -0.1) is 0 Å². The number of hydrogen-bond acceptors (Lipinski definition) is 16. The monoisotopic (exact) mass is 933 g/mol. The van der Waals surface area contributed by atoms with E-state index in [1.54, 1.807) is 36.5 Å². The Hall–Kier alpha value is -6.37. The van der Waals surface area contributed by atoms with Crippen LogP contribution in [0.3, 0.4) is 0 Å². The number of pyridine rings is 4. The third-order valence-electron chi connectivity index (χ3n) is 10.8. The average molecular weight is 934 g/mol. The zero-order chi connectivity index (χ0) is 47.2. The molecule has 3 N–H and O–H groups in total. The van der Waals surface area contributed by atoms with E-state index in [1.807, 2.05) is 42.5 Å². The zero-order valence-electron chi connectivity index (χ0n) is 37.2. The van der Waals surface area contributed by atoms with Crippen molar-refractivity contribution in [2.75, 3.05) is 85.4 Å². The van der Waals surface area contributed by atoms with E-state index in [4.69, 9.17) is 19.5 Å². The molecule has 0 saturated carbocycles. The van der Waals surface area contributed by atoms with Crippen LogP contribution in [0.5, 0.6) is 5.75 Å². The second-order valence-electron chi connectivity index (χ2n) is 15.7. The molecule has 67 heavy (non-hydrogen) atoms. The van der Waals surface area contributed by atoms with Gasteiger partial charge in [-0.05, 0) is 71.9 Å². The number of aromatic nitrogens is 4. The van der Waals surface area contributed by atoms with E-state index in [0.717, 1.165) is 27.9 Å². The number of benzene rings is 1. The molecule has 1 aliphatic rings. The molecular weight excluding hydrogens is 879 g/mol. The van der Waals surface area contributed by atoms with Crippen molar-refractivity contribution >= 4 is 29.7 Å². The molecular formula is C48H55N9O9S. The van der Waals surface area contributed by atoms with Gasteiger partial charge >= 0.3 is 17.9 Å². The first-order valence-corrected chi connectivity index (χ1v) is 22.8. The number of carbonyl (C=O) groups is 3. The highest BCUT2D eigenvalue weighted by Gasteiger charge is 2.18. The molecule has 0 amide bonds. The van der Waals surface area contributed by atoms with Crippen LogP contribution in [0, 0.1) is 10.7 Å². The van der Waals surface area contributed by atoms with Crippen LogP contribution in [0.1, 0.15) is 59.8 Å². The fourth-order valence-electron chi connectivity index (χ4n) is 7.30. The summed E-state index contributed by atoms with van der Waals surface area (Å²) in [6.45, 7) is 8.12. The van der Waals surface area contributed by atoms with Gasteiger partial charge in [-0.25, -0.2) is 29.3 Å². The molecule has 5 heterocycles. The van der Waals surface area contributed by atoms with Crippen LogP contribution in [0.25, 0.3) is 0 Å². The third kappa shape index (κ3) is 17.4. The van der Waals surface area contributed by atoms with Gasteiger partial charge < -0.3 is 29.5 Å². The van der Waals surface area contributed by atoms with Gasteiger partial charge in [0.05, 0.1) is 55.8 Å². The van der Waals surface area contributed by atoms with Crippen molar-refractivity contribution in [2.45, 2.75) is 37.5 Å². The van der Waals surface area contributed by atoms with E-state index < -0.39 is 17.9 Å². The van der Waals surface area contributed by atoms with Crippen molar-refractivity contribution in [3.8, 4) is 11.2 Å². The Morgan fingerprint density at radius 2 is 1.00 bits per heavy atom. The largest absolute Gasteiger partial charge is 0.493 e. The Morgan fingerprint density at radius 1 is 0.582 bits per heavy atom. The van der Waals surface area contributed by atoms with Gasteiger partial charge in [-0.2, -0.15) is 5.26 Å². The smallest absolute Gasteiger partial charge is 0.354 e. The van der Waals surface area contributed by atoms with Crippen LogP contribution in [-0.2, 0) is 42.1 Å². The number of nitriles is 1. The van der Waals surface area contributed by atoms with Crippen molar-refractivity contribution < 1.29 is 43.9 Å². The highest BCUT2D eigenvalue weighted by atomic mass is 32.2. The summed E-state index contributed by atoms with van der Waals surface area (Å²) in [5.41, 5.74) is 3.65. The predicted molar refractivity (Wildman–Crippen MR) is 248 cm³/mol. The van der Waals surface area contributed by atoms with Crippen LogP contribution in [0.15, 0.2) is 102 Å². The van der Waals surface area contributed by atoms with Crippen molar-refractivity contribution in [1.29, 1.82) is 5.26 Å². The van der Waals surface area contributed by atoms with Gasteiger partial charge in [0, 0.05) is 102 Å². The maximum Gasteiger partial charge on any atom is 0.354 e. The molecule has 1 fully saturated rings. The number of aromatic carboxylic acids is 3. The summed E-state index contributed by atoms with van der Waals surface area (Å²) in [6.07, 6.45) is 2.44. The highest BCUT2D eigenvalue weighted by molar-refractivity contribution is 8.03. The van der Waals surface area contributed by atoms with Crippen molar-refractivity contribution in [2.24, 2.45) is 0 Å². The van der Waals surface area contributed by atoms with Crippen LogP contribution < -0.4 is 4.74 Å². The van der Waals surface area contributed by atoms with Crippen LogP contribution in [-0.4, -0.2) is 158 Å². The van der Waals surface area contributed by atoms with Crippen LogP contribution in [0.2, 0.25) is 0 Å². The molecule has 0 atom stereocenters. The summed E-state index contributed by atoms with van der Waals surface area (Å²) in [5.74, 6) is -2.60. The lowest BCUT2D eigenvalue weighted by Crippen LogP contribution is -2.40. The van der Waals surface area contributed by atoms with Crippen molar-refractivity contribution in [3.05, 3.63) is 143 Å². The molecule has 18 nitrogen and oxygen atoms in total. The van der Waals surface area contributed by atoms with E-state index in [1.165, 1.54) is 18.2 Å². The molecule has 1 aromatic carbocycles. The SMILES string of the molecule is N#CSc1ccc(CCOc2ccnc(CN3CCOCCN(Cc4cccc(C(=O)O)n4)CCN(Cc4cccc(C(=O)O)n4)CCOCCN(Cc4cccc(C(=O)O)n4)CC3)c2)cc1. The quantitative estimate of drug-likeness (QED) is 0.0882. The molecule has 4 aromatic heterocycles. The normalized spacial score (nSPS) is 15.7. The fraction of sp³-hybridized carbons (Fsp3) is 0.375. The fourth-order valence-corrected chi connectivity index (χ4v) is 7.67. The topological polar surface area (TPSA) is 228 Å². The maximum absolute atomic E-state index is 11.8. The molecule has 19 heteroatoms. The van der Waals surface area contributed by atoms with Gasteiger partial charge in [-0.1, -0.05) is 30.3 Å². The Morgan fingerprint density at radius 3 is 1.40 bits per heavy atom. The van der Waals surface area contributed by atoms with Gasteiger partial charge in [0.1, 0.15) is 28.2 Å². The molecule has 0 radical (unpaired) electrons. The number of thioether (sulfide) groups is 1. The second kappa shape index (κ2) is 26.7. The summed E-state index contributed by atoms with van der Waals surface area (Å²) < 4.78 is 18.7. The summed E-state index contributed by atoms with van der Waals surface area (Å²) in [4.78, 5) is 62.7. The van der Waals surface area contributed by atoms with Gasteiger partial charge in [0.2, 0.25) is 0 Å². The molecule has 0 unspecified atom stereocenters. The van der Waals surface area contributed by atoms with E-state index in [2.05, 4.69) is 44.9 Å². The first kappa shape index (κ1) is 50.1. The predicted octanol–water partition coefficient (Wildman–Crippen LogP) is 4.91. The van der Waals surface area contributed by atoms with Gasteiger partial charge in [0.15, 0.2) is 0 Å². The lowest BCUT2D eigenvalue weighted by atomic mass is 10.2. The van der Waals surface area contributed by atoms with Gasteiger partial charge in [-0.3, -0.25) is 24.6 Å². The minimum atomic E-state index is -1.11. The number of thiocyanates is 1. The summed E-state index contributed by atoms with van der Waals surface area (Å²) in [7, 11) is 0. The lowest BCUT2D eigenvalue weighted by molar-refractivity contribution is 0.0534. The van der Waals surface area contributed by atoms with Crippen LogP contribution >= 0.6 is 11.8 Å². The summed E-state index contributed by atoms with van der Waals surface area (Å²) >= 11 is 1.13. The van der Waals surface area contributed by atoms with E-state index in [9.17, 15) is 29.7 Å². The molecule has 1 saturated heterocycles.